The summed E-state index contributed by atoms with van der Waals surface area (Å²) in [5, 5.41) is 2.42. The average molecular weight is 744 g/mol. The molecule has 1 aliphatic heterocycles. The lowest BCUT2D eigenvalue weighted by Crippen LogP contribution is -2.28. The van der Waals surface area contributed by atoms with Crippen molar-refractivity contribution in [1.82, 2.24) is 0 Å². The molecule has 2 nitrogen and oxygen atoms in total. The molecule has 9 aromatic rings. The summed E-state index contributed by atoms with van der Waals surface area (Å²) in [6, 6.07) is 77.4. The Morgan fingerprint density at radius 1 is 0.397 bits per heavy atom. The minimum atomic E-state index is -0.447. The van der Waals surface area contributed by atoms with Crippen LogP contribution in [0.25, 0.3) is 33.0 Å². The Labute approximate surface area is 340 Å². The maximum atomic E-state index is 6.63. The molecule has 0 fully saturated rings. The van der Waals surface area contributed by atoms with Gasteiger partial charge in [-0.05, 0) is 104 Å². The highest BCUT2D eigenvalue weighted by Gasteiger charge is 2.46. The van der Waals surface area contributed by atoms with Gasteiger partial charge in [0.1, 0.15) is 11.5 Å². The van der Waals surface area contributed by atoms with Gasteiger partial charge in [0.2, 0.25) is 0 Å². The van der Waals surface area contributed by atoms with E-state index in [0.717, 1.165) is 28.6 Å². The average Bonchev–Trinajstić information content (AvgIpc) is 3.58. The van der Waals surface area contributed by atoms with Crippen LogP contribution in [-0.2, 0) is 10.8 Å². The van der Waals surface area contributed by atoms with Gasteiger partial charge in [0, 0.05) is 27.9 Å². The fourth-order valence-electron chi connectivity index (χ4n) is 9.93. The first kappa shape index (κ1) is 34.1. The second-order valence-electron chi connectivity index (χ2n) is 16.1. The largest absolute Gasteiger partial charge is 0.457 e. The molecular weight excluding hydrogens is 703 g/mol. The van der Waals surface area contributed by atoms with Crippen molar-refractivity contribution in [2.45, 2.75) is 24.7 Å². The van der Waals surface area contributed by atoms with Gasteiger partial charge in [0.05, 0.1) is 11.1 Å². The van der Waals surface area contributed by atoms with E-state index in [1.54, 1.807) is 0 Å². The monoisotopic (exact) mass is 743 g/mol. The van der Waals surface area contributed by atoms with Crippen LogP contribution in [0.1, 0.15) is 47.2 Å². The summed E-state index contributed by atoms with van der Waals surface area (Å²) in [4.78, 5) is 2.40. The van der Waals surface area contributed by atoms with Crippen LogP contribution in [0.2, 0.25) is 0 Å². The lowest BCUT2D eigenvalue weighted by Gasteiger charge is -2.39. The van der Waals surface area contributed by atoms with Crippen LogP contribution in [0.4, 0.5) is 17.1 Å². The van der Waals surface area contributed by atoms with Crippen LogP contribution in [0, 0.1) is 0 Å². The maximum absolute atomic E-state index is 6.63. The Hall–Kier alpha value is -7.16. The van der Waals surface area contributed by atoms with E-state index in [0.29, 0.717) is 0 Å². The van der Waals surface area contributed by atoms with E-state index >= 15 is 0 Å². The van der Waals surface area contributed by atoms with Crippen molar-refractivity contribution in [3.63, 3.8) is 0 Å². The van der Waals surface area contributed by atoms with Gasteiger partial charge in [-0.15, -0.1) is 0 Å². The van der Waals surface area contributed by atoms with E-state index in [1.165, 1.54) is 66.4 Å². The standard InChI is InChI=1S/C56H41NO/c1-55(2)50-26-12-13-28-52(50)58-53-29-15-27-51(54(53)55)57(45-35-32-38-16-6-7-17-41(38)37-45)44-33-30-39(31-34-44)40-18-14-21-43(36-40)56(42-19-4-3-5-20-42)48-24-10-8-22-46(48)47-23-9-11-25-49(47)56/h3-37H,1-2H3. The fraction of sp³-hybridized carbons (Fsp3) is 0.0714. The first-order valence-electron chi connectivity index (χ1n) is 20.2. The Balaban J connectivity index is 1.06. The molecule has 9 aromatic carbocycles. The summed E-state index contributed by atoms with van der Waals surface area (Å²) < 4.78 is 6.63. The third-order valence-electron chi connectivity index (χ3n) is 12.6. The van der Waals surface area contributed by atoms with Gasteiger partial charge in [-0.3, -0.25) is 0 Å². The second-order valence-corrected chi connectivity index (χ2v) is 16.1. The van der Waals surface area contributed by atoms with Crippen LogP contribution in [0.3, 0.4) is 0 Å². The van der Waals surface area contributed by atoms with Crippen LogP contribution in [0.5, 0.6) is 11.5 Å². The molecule has 0 saturated carbocycles. The zero-order valence-electron chi connectivity index (χ0n) is 32.6. The van der Waals surface area contributed by atoms with Gasteiger partial charge in [-0.2, -0.15) is 0 Å². The summed E-state index contributed by atoms with van der Waals surface area (Å²) in [6.45, 7) is 4.63. The zero-order valence-corrected chi connectivity index (χ0v) is 32.6. The van der Waals surface area contributed by atoms with Gasteiger partial charge < -0.3 is 9.64 Å². The molecule has 2 heteroatoms. The van der Waals surface area contributed by atoms with Crippen molar-refractivity contribution in [1.29, 1.82) is 0 Å². The van der Waals surface area contributed by atoms with E-state index in [1.807, 2.05) is 0 Å². The van der Waals surface area contributed by atoms with Crippen LogP contribution >= 0.6 is 0 Å². The molecule has 0 atom stereocenters. The van der Waals surface area contributed by atoms with Crippen molar-refractivity contribution in [2.24, 2.45) is 0 Å². The normalized spacial score (nSPS) is 14.1. The van der Waals surface area contributed by atoms with E-state index < -0.39 is 5.41 Å². The van der Waals surface area contributed by atoms with Gasteiger partial charge >= 0.3 is 0 Å². The summed E-state index contributed by atoms with van der Waals surface area (Å²) in [7, 11) is 0. The highest BCUT2D eigenvalue weighted by molar-refractivity contribution is 5.91. The van der Waals surface area contributed by atoms with Gasteiger partial charge in [0.25, 0.3) is 0 Å². The van der Waals surface area contributed by atoms with Crippen molar-refractivity contribution >= 4 is 27.8 Å². The van der Waals surface area contributed by atoms with E-state index in [-0.39, 0.29) is 5.41 Å². The second kappa shape index (κ2) is 13.2. The maximum Gasteiger partial charge on any atom is 0.133 e. The molecule has 276 valence electrons. The van der Waals surface area contributed by atoms with Gasteiger partial charge in [-0.1, -0.05) is 178 Å². The van der Waals surface area contributed by atoms with Crippen molar-refractivity contribution < 1.29 is 4.74 Å². The number of rotatable bonds is 6. The molecule has 2 aliphatic rings. The van der Waals surface area contributed by atoms with Crippen molar-refractivity contribution in [2.75, 3.05) is 4.90 Å². The fourth-order valence-corrected chi connectivity index (χ4v) is 9.93. The number of anilines is 3. The molecule has 0 unspecified atom stereocenters. The Bertz CT molecular complexity index is 2970. The van der Waals surface area contributed by atoms with Gasteiger partial charge in [0.15, 0.2) is 0 Å². The van der Waals surface area contributed by atoms with Crippen molar-refractivity contribution in [3.05, 3.63) is 246 Å². The molecule has 1 heterocycles. The smallest absolute Gasteiger partial charge is 0.133 e. The number of hydrogen-bond acceptors (Lipinski definition) is 2. The lowest BCUT2D eigenvalue weighted by atomic mass is 9.67. The summed E-state index contributed by atoms with van der Waals surface area (Å²) in [6.07, 6.45) is 0. The van der Waals surface area contributed by atoms with E-state index in [2.05, 4.69) is 231 Å². The molecule has 0 spiro atoms. The molecule has 58 heavy (non-hydrogen) atoms. The molecule has 0 bridgehead atoms. The molecule has 11 rings (SSSR count). The highest BCUT2D eigenvalue weighted by atomic mass is 16.5. The first-order valence-corrected chi connectivity index (χ1v) is 20.2. The molecule has 0 N–H and O–H groups in total. The number of benzene rings is 9. The molecule has 1 aliphatic carbocycles. The van der Waals surface area contributed by atoms with Crippen LogP contribution < -0.4 is 9.64 Å². The molecule has 0 amide bonds. The Kier molecular flexibility index (Phi) is 7.78. The lowest BCUT2D eigenvalue weighted by molar-refractivity contribution is 0.418. The van der Waals surface area contributed by atoms with Crippen LogP contribution in [-0.4, -0.2) is 0 Å². The number of fused-ring (bicyclic) bond motifs is 6. The summed E-state index contributed by atoms with van der Waals surface area (Å²) >= 11 is 0. The molecular formula is C56H41NO. The summed E-state index contributed by atoms with van der Waals surface area (Å²) in [5.74, 6) is 1.81. The summed E-state index contributed by atoms with van der Waals surface area (Å²) in [5.41, 5.74) is 15.0. The van der Waals surface area contributed by atoms with Crippen LogP contribution in [0.15, 0.2) is 212 Å². The highest BCUT2D eigenvalue weighted by Crippen LogP contribution is 2.57. The Morgan fingerprint density at radius 3 is 1.74 bits per heavy atom. The zero-order chi connectivity index (χ0) is 38.8. The minimum absolute atomic E-state index is 0.303. The molecule has 0 aromatic heterocycles. The number of ether oxygens (including phenoxy) is 1. The predicted molar refractivity (Wildman–Crippen MR) is 240 cm³/mol. The van der Waals surface area contributed by atoms with E-state index in [9.17, 15) is 0 Å². The first-order chi connectivity index (χ1) is 28.5. The number of hydrogen-bond donors (Lipinski definition) is 0. The van der Waals surface area contributed by atoms with E-state index in [4.69, 9.17) is 4.74 Å². The molecule has 0 saturated heterocycles. The van der Waals surface area contributed by atoms with Crippen molar-refractivity contribution in [3.8, 4) is 33.8 Å². The number of nitrogens with zero attached hydrogens (tertiary/aromatic N) is 1. The topological polar surface area (TPSA) is 12.5 Å². The minimum Gasteiger partial charge on any atom is -0.457 e. The number of para-hydroxylation sites is 1. The van der Waals surface area contributed by atoms with Gasteiger partial charge in [-0.25, -0.2) is 0 Å². The molecule has 0 radical (unpaired) electrons. The third kappa shape index (κ3) is 5.11. The quantitative estimate of drug-likeness (QED) is 0.168. The SMILES string of the molecule is CC1(C)c2ccccc2Oc2cccc(N(c3ccc(-c4cccc(C5(c6ccccc6)c6ccccc6-c6ccccc65)c4)cc3)c3ccc4ccccc4c3)c21. The Morgan fingerprint density at radius 2 is 0.983 bits per heavy atom. The predicted octanol–water partition coefficient (Wildman–Crippen LogP) is 14.8. The third-order valence-corrected chi connectivity index (χ3v) is 12.6.